The SMILES string of the molecule is CSc1ccc(-c2ccc(NC=C3C(=O)OC(C)(C)OC3=O)cc2)cc1. The summed E-state index contributed by atoms with van der Waals surface area (Å²) in [6.45, 7) is 3.02. The molecule has 5 nitrogen and oxygen atoms in total. The predicted octanol–water partition coefficient (Wildman–Crippen LogP) is 4.21. The number of thioether (sulfide) groups is 1. The molecule has 1 saturated heterocycles. The monoisotopic (exact) mass is 369 g/mol. The van der Waals surface area contributed by atoms with Gasteiger partial charge in [-0.2, -0.15) is 0 Å². The fraction of sp³-hybridized carbons (Fsp3) is 0.200. The van der Waals surface area contributed by atoms with Gasteiger partial charge in [-0.15, -0.1) is 11.8 Å². The van der Waals surface area contributed by atoms with Gasteiger partial charge in [-0.1, -0.05) is 24.3 Å². The average molecular weight is 369 g/mol. The molecule has 0 unspecified atom stereocenters. The van der Waals surface area contributed by atoms with Gasteiger partial charge in [0, 0.05) is 30.6 Å². The van der Waals surface area contributed by atoms with Crippen LogP contribution in [0.4, 0.5) is 5.69 Å². The first kappa shape index (κ1) is 18.1. The Labute approximate surface area is 156 Å². The van der Waals surface area contributed by atoms with Crippen molar-refractivity contribution in [2.24, 2.45) is 0 Å². The second-order valence-electron chi connectivity index (χ2n) is 6.19. The Morgan fingerprint density at radius 2 is 1.38 bits per heavy atom. The van der Waals surface area contributed by atoms with Crippen molar-refractivity contribution in [3.63, 3.8) is 0 Å². The fourth-order valence-electron chi connectivity index (χ4n) is 2.48. The standard InChI is InChI=1S/C20H19NO4S/c1-20(2)24-18(22)17(19(23)25-20)12-21-15-8-4-13(5-9-15)14-6-10-16(26-3)11-7-14/h4-12,21H,1-3H3. The lowest BCUT2D eigenvalue weighted by atomic mass is 10.1. The van der Waals surface area contributed by atoms with Crippen LogP contribution in [0.1, 0.15) is 13.8 Å². The normalized spacial score (nSPS) is 15.9. The molecular formula is C20H19NO4S. The molecule has 0 aromatic heterocycles. The quantitative estimate of drug-likeness (QED) is 0.377. The van der Waals surface area contributed by atoms with Crippen molar-refractivity contribution in [2.45, 2.75) is 24.5 Å². The Hall–Kier alpha value is -2.73. The smallest absolute Gasteiger partial charge is 0.350 e. The Bertz CT molecular complexity index is 832. The van der Waals surface area contributed by atoms with E-state index in [-0.39, 0.29) is 5.57 Å². The zero-order valence-electron chi connectivity index (χ0n) is 14.7. The Kier molecular flexibility index (Phi) is 5.04. The molecule has 0 saturated carbocycles. The van der Waals surface area contributed by atoms with Gasteiger partial charge < -0.3 is 14.8 Å². The Morgan fingerprint density at radius 1 is 0.885 bits per heavy atom. The number of cyclic esters (lactones) is 2. The minimum atomic E-state index is -1.24. The number of ether oxygens (including phenoxy) is 2. The van der Waals surface area contributed by atoms with Crippen molar-refractivity contribution >= 4 is 29.4 Å². The molecule has 1 heterocycles. The van der Waals surface area contributed by atoms with Crippen LogP contribution in [0.2, 0.25) is 0 Å². The summed E-state index contributed by atoms with van der Waals surface area (Å²) in [5.74, 6) is -2.65. The average Bonchev–Trinajstić information content (AvgIpc) is 2.61. The lowest BCUT2D eigenvalue weighted by Crippen LogP contribution is -2.42. The van der Waals surface area contributed by atoms with E-state index in [9.17, 15) is 9.59 Å². The maximum Gasteiger partial charge on any atom is 0.350 e. The highest BCUT2D eigenvalue weighted by molar-refractivity contribution is 7.98. The number of benzene rings is 2. The predicted molar refractivity (Wildman–Crippen MR) is 102 cm³/mol. The first-order valence-electron chi connectivity index (χ1n) is 8.06. The number of rotatable bonds is 4. The van der Waals surface area contributed by atoms with Crippen LogP contribution >= 0.6 is 11.8 Å². The van der Waals surface area contributed by atoms with Crippen LogP contribution in [0, 0.1) is 0 Å². The van der Waals surface area contributed by atoms with Crippen LogP contribution in [0.25, 0.3) is 11.1 Å². The first-order valence-corrected chi connectivity index (χ1v) is 9.28. The van der Waals surface area contributed by atoms with Crippen molar-refractivity contribution in [2.75, 3.05) is 11.6 Å². The highest BCUT2D eigenvalue weighted by Crippen LogP contribution is 2.25. The molecule has 2 aromatic rings. The molecule has 0 amide bonds. The number of esters is 2. The molecule has 1 aliphatic rings. The molecule has 2 aromatic carbocycles. The van der Waals surface area contributed by atoms with Gasteiger partial charge in [0.2, 0.25) is 0 Å². The maximum absolute atomic E-state index is 11.9. The molecule has 3 rings (SSSR count). The summed E-state index contributed by atoms with van der Waals surface area (Å²) in [7, 11) is 0. The van der Waals surface area contributed by atoms with Crippen molar-refractivity contribution in [1.29, 1.82) is 0 Å². The zero-order valence-corrected chi connectivity index (χ0v) is 15.6. The molecular weight excluding hydrogens is 350 g/mol. The van der Waals surface area contributed by atoms with Crippen molar-refractivity contribution in [3.05, 3.63) is 60.3 Å². The molecule has 0 bridgehead atoms. The summed E-state index contributed by atoms with van der Waals surface area (Å²) >= 11 is 1.70. The van der Waals surface area contributed by atoms with Gasteiger partial charge in [0.05, 0.1) is 0 Å². The highest BCUT2D eigenvalue weighted by atomic mass is 32.2. The van der Waals surface area contributed by atoms with Crippen LogP contribution in [0.3, 0.4) is 0 Å². The number of anilines is 1. The van der Waals surface area contributed by atoms with Gasteiger partial charge >= 0.3 is 11.9 Å². The van der Waals surface area contributed by atoms with E-state index in [0.717, 1.165) is 16.8 Å². The number of hydrogen-bond donors (Lipinski definition) is 1. The first-order chi connectivity index (χ1) is 12.4. The minimum absolute atomic E-state index is 0.166. The summed E-state index contributed by atoms with van der Waals surface area (Å²) in [6.07, 6.45) is 3.35. The van der Waals surface area contributed by atoms with Gasteiger partial charge in [0.15, 0.2) is 5.57 Å². The second kappa shape index (κ2) is 7.25. The number of carbonyl (C=O) groups excluding carboxylic acids is 2. The third-order valence-electron chi connectivity index (χ3n) is 3.81. The third-order valence-corrected chi connectivity index (χ3v) is 4.55. The second-order valence-corrected chi connectivity index (χ2v) is 7.07. The van der Waals surface area contributed by atoms with E-state index in [2.05, 4.69) is 29.6 Å². The number of nitrogens with one attached hydrogen (secondary N) is 1. The molecule has 1 N–H and O–H groups in total. The molecule has 0 radical (unpaired) electrons. The molecule has 134 valence electrons. The van der Waals surface area contributed by atoms with Gasteiger partial charge in [0.1, 0.15) is 0 Å². The van der Waals surface area contributed by atoms with Gasteiger partial charge in [-0.3, -0.25) is 0 Å². The summed E-state index contributed by atoms with van der Waals surface area (Å²) in [5.41, 5.74) is 2.77. The summed E-state index contributed by atoms with van der Waals surface area (Å²) < 4.78 is 10.1. The minimum Gasteiger partial charge on any atom is -0.419 e. The molecule has 0 spiro atoms. The summed E-state index contributed by atoms with van der Waals surface area (Å²) in [6, 6.07) is 16.0. The van der Waals surface area contributed by atoms with E-state index in [1.165, 1.54) is 24.9 Å². The topological polar surface area (TPSA) is 64.6 Å². The number of hydrogen-bond acceptors (Lipinski definition) is 6. The van der Waals surface area contributed by atoms with Crippen molar-refractivity contribution < 1.29 is 19.1 Å². The third kappa shape index (κ3) is 4.08. The van der Waals surface area contributed by atoms with Crippen LogP contribution in [0.5, 0.6) is 0 Å². The molecule has 1 aliphatic heterocycles. The van der Waals surface area contributed by atoms with Crippen LogP contribution in [-0.4, -0.2) is 24.0 Å². The van der Waals surface area contributed by atoms with Gasteiger partial charge in [-0.05, 0) is 41.6 Å². The molecule has 26 heavy (non-hydrogen) atoms. The van der Waals surface area contributed by atoms with E-state index in [0.29, 0.717) is 0 Å². The van der Waals surface area contributed by atoms with Gasteiger partial charge in [0.25, 0.3) is 5.79 Å². The zero-order chi connectivity index (χ0) is 18.7. The van der Waals surface area contributed by atoms with E-state index in [1.807, 2.05) is 30.5 Å². The molecule has 1 fully saturated rings. The lowest BCUT2D eigenvalue weighted by Gasteiger charge is -2.29. The molecule has 0 aliphatic carbocycles. The fourth-order valence-corrected chi connectivity index (χ4v) is 2.88. The van der Waals surface area contributed by atoms with E-state index < -0.39 is 17.7 Å². The summed E-state index contributed by atoms with van der Waals surface area (Å²) in [4.78, 5) is 25.0. The Balaban J connectivity index is 1.71. The van der Waals surface area contributed by atoms with Crippen LogP contribution < -0.4 is 5.32 Å². The molecule has 6 heteroatoms. The lowest BCUT2D eigenvalue weighted by molar-refractivity contribution is -0.222. The van der Waals surface area contributed by atoms with Crippen molar-refractivity contribution in [3.8, 4) is 11.1 Å². The summed E-state index contributed by atoms with van der Waals surface area (Å²) in [5, 5.41) is 2.93. The van der Waals surface area contributed by atoms with E-state index in [1.54, 1.807) is 11.8 Å². The van der Waals surface area contributed by atoms with Gasteiger partial charge in [-0.25, -0.2) is 9.59 Å². The largest absolute Gasteiger partial charge is 0.419 e. The van der Waals surface area contributed by atoms with Crippen LogP contribution in [0.15, 0.2) is 65.2 Å². The molecule has 0 atom stereocenters. The Morgan fingerprint density at radius 3 is 1.88 bits per heavy atom. The number of carbonyl (C=O) groups is 2. The van der Waals surface area contributed by atoms with Crippen LogP contribution in [-0.2, 0) is 19.1 Å². The van der Waals surface area contributed by atoms with E-state index in [4.69, 9.17) is 9.47 Å². The van der Waals surface area contributed by atoms with E-state index >= 15 is 0 Å². The maximum atomic E-state index is 11.9. The highest BCUT2D eigenvalue weighted by Gasteiger charge is 2.38. The van der Waals surface area contributed by atoms with Crippen molar-refractivity contribution in [1.82, 2.24) is 0 Å².